The van der Waals surface area contributed by atoms with Crippen molar-refractivity contribution in [1.82, 2.24) is 14.7 Å². The molecule has 1 aliphatic heterocycles. The lowest BCUT2D eigenvalue weighted by Crippen LogP contribution is -2.38. The molecule has 1 unspecified atom stereocenters. The van der Waals surface area contributed by atoms with Crippen LogP contribution in [0.5, 0.6) is 5.75 Å². The van der Waals surface area contributed by atoms with Crippen LogP contribution in [0.4, 0.5) is 0 Å². The zero-order valence-corrected chi connectivity index (χ0v) is 17.3. The first kappa shape index (κ1) is 21.3. The topological polar surface area (TPSA) is 86.0 Å². The number of hydrogen-bond donors (Lipinski definition) is 1. The molecule has 158 valence electrons. The van der Waals surface area contributed by atoms with E-state index >= 15 is 0 Å². The maximum atomic E-state index is 12.3. The first-order valence-corrected chi connectivity index (χ1v) is 9.93. The summed E-state index contributed by atoms with van der Waals surface area (Å²) < 4.78 is 18.0. The highest BCUT2D eigenvalue weighted by atomic mass is 16.5. The number of hydrogen-bond acceptors (Lipinski definition) is 7. The number of aromatic nitrogens is 2. The molecule has 0 saturated carbocycles. The van der Waals surface area contributed by atoms with Crippen molar-refractivity contribution in [2.45, 2.75) is 20.0 Å². The summed E-state index contributed by atoms with van der Waals surface area (Å²) in [5.74, 6) is 0.0438. The van der Waals surface area contributed by atoms with Gasteiger partial charge in [0.2, 0.25) is 0 Å². The van der Waals surface area contributed by atoms with E-state index in [2.05, 4.69) is 10.00 Å². The lowest BCUT2D eigenvalue weighted by atomic mass is 9.98. The van der Waals surface area contributed by atoms with Gasteiger partial charge in [-0.05, 0) is 19.9 Å². The summed E-state index contributed by atoms with van der Waals surface area (Å²) in [6.45, 7) is 8.35. The molecule has 1 fully saturated rings. The Balaban J connectivity index is 1.79. The predicted octanol–water partition coefficient (Wildman–Crippen LogP) is 1.70. The van der Waals surface area contributed by atoms with E-state index in [1.165, 1.54) is 0 Å². The minimum Gasteiger partial charge on any atom is -0.492 e. The van der Waals surface area contributed by atoms with Crippen LogP contribution in [0.3, 0.4) is 0 Å². The van der Waals surface area contributed by atoms with Crippen LogP contribution in [0.2, 0.25) is 0 Å². The largest absolute Gasteiger partial charge is 0.492 e. The predicted molar refractivity (Wildman–Crippen MR) is 107 cm³/mol. The number of rotatable bonds is 8. The molecule has 1 aliphatic rings. The number of morpholine rings is 1. The van der Waals surface area contributed by atoms with E-state index in [-0.39, 0.29) is 12.3 Å². The van der Waals surface area contributed by atoms with Crippen LogP contribution in [-0.2, 0) is 16.5 Å². The zero-order chi connectivity index (χ0) is 20.8. The van der Waals surface area contributed by atoms with Crippen molar-refractivity contribution in [2.24, 2.45) is 7.05 Å². The molecule has 8 nitrogen and oxygen atoms in total. The Bertz CT molecular complexity index is 830. The Morgan fingerprint density at radius 2 is 2.03 bits per heavy atom. The summed E-state index contributed by atoms with van der Waals surface area (Å²) in [6.07, 6.45) is -1.05. The van der Waals surface area contributed by atoms with Gasteiger partial charge >= 0.3 is 5.97 Å². The molecule has 2 aromatic rings. The molecule has 3 rings (SSSR count). The number of carbonyl (C=O) groups excluding carboxylic acids is 1. The van der Waals surface area contributed by atoms with Crippen LogP contribution < -0.4 is 4.74 Å². The van der Waals surface area contributed by atoms with Crippen LogP contribution in [0.25, 0.3) is 0 Å². The third-order valence-electron chi connectivity index (χ3n) is 5.10. The monoisotopic (exact) mass is 403 g/mol. The van der Waals surface area contributed by atoms with Crippen molar-refractivity contribution < 1.29 is 24.1 Å². The van der Waals surface area contributed by atoms with Crippen molar-refractivity contribution in [2.75, 3.05) is 46.1 Å². The first-order valence-electron chi connectivity index (χ1n) is 9.93. The van der Waals surface area contributed by atoms with Gasteiger partial charge in [0.25, 0.3) is 0 Å². The average molecular weight is 403 g/mol. The second kappa shape index (κ2) is 9.87. The van der Waals surface area contributed by atoms with E-state index in [1.807, 2.05) is 25.1 Å². The van der Waals surface area contributed by atoms with Gasteiger partial charge in [-0.3, -0.25) is 9.58 Å². The third kappa shape index (κ3) is 4.95. The number of esters is 1. The van der Waals surface area contributed by atoms with Gasteiger partial charge in [-0.1, -0.05) is 18.2 Å². The van der Waals surface area contributed by atoms with Gasteiger partial charge in [0.05, 0.1) is 19.8 Å². The Morgan fingerprint density at radius 3 is 2.76 bits per heavy atom. The second-order valence-corrected chi connectivity index (χ2v) is 6.93. The van der Waals surface area contributed by atoms with Gasteiger partial charge in [0.1, 0.15) is 18.5 Å². The first-order chi connectivity index (χ1) is 14.0. The molecule has 0 spiro atoms. The number of nitrogens with zero attached hydrogens (tertiary/aromatic N) is 3. The number of aliphatic hydroxyl groups is 1. The second-order valence-electron chi connectivity index (χ2n) is 6.93. The molecule has 2 heterocycles. The highest BCUT2D eigenvalue weighted by molar-refractivity contribution is 5.89. The molecule has 0 aliphatic carbocycles. The molecular weight excluding hydrogens is 374 g/mol. The summed E-state index contributed by atoms with van der Waals surface area (Å²) in [5, 5.41) is 15.4. The van der Waals surface area contributed by atoms with Crippen molar-refractivity contribution in [3.63, 3.8) is 0 Å². The van der Waals surface area contributed by atoms with Gasteiger partial charge in [0.15, 0.2) is 5.69 Å². The van der Waals surface area contributed by atoms with Gasteiger partial charge < -0.3 is 19.3 Å². The number of aliphatic hydroxyl groups excluding tert-OH is 1. The Labute approximate surface area is 171 Å². The molecule has 1 atom stereocenters. The summed E-state index contributed by atoms with van der Waals surface area (Å²) in [4.78, 5) is 14.6. The van der Waals surface area contributed by atoms with Crippen molar-refractivity contribution >= 4 is 5.97 Å². The van der Waals surface area contributed by atoms with E-state index < -0.39 is 12.1 Å². The minimum absolute atomic E-state index is 0.127. The van der Waals surface area contributed by atoms with Crippen molar-refractivity contribution in [1.29, 1.82) is 0 Å². The summed E-state index contributed by atoms with van der Waals surface area (Å²) in [6, 6.07) is 7.33. The molecule has 1 aromatic heterocycles. The van der Waals surface area contributed by atoms with E-state index in [4.69, 9.17) is 14.2 Å². The lowest BCUT2D eigenvalue weighted by Gasteiger charge is -2.26. The normalized spacial score (nSPS) is 15.9. The summed E-state index contributed by atoms with van der Waals surface area (Å²) in [5.41, 5.74) is 1.86. The van der Waals surface area contributed by atoms with Crippen LogP contribution in [0.15, 0.2) is 24.3 Å². The summed E-state index contributed by atoms with van der Waals surface area (Å²) in [7, 11) is 1.74. The summed E-state index contributed by atoms with van der Waals surface area (Å²) >= 11 is 0. The van der Waals surface area contributed by atoms with Gasteiger partial charge in [-0.25, -0.2) is 4.79 Å². The fourth-order valence-corrected chi connectivity index (χ4v) is 3.40. The van der Waals surface area contributed by atoms with Gasteiger partial charge in [0, 0.05) is 43.5 Å². The fourth-order valence-electron chi connectivity index (χ4n) is 3.40. The van der Waals surface area contributed by atoms with Crippen molar-refractivity contribution in [3.05, 3.63) is 46.8 Å². The zero-order valence-electron chi connectivity index (χ0n) is 17.3. The minimum atomic E-state index is -1.05. The molecule has 0 amide bonds. The maximum absolute atomic E-state index is 12.3. The molecule has 1 N–H and O–H groups in total. The third-order valence-corrected chi connectivity index (χ3v) is 5.10. The van der Waals surface area contributed by atoms with Gasteiger partial charge in [-0.2, -0.15) is 5.10 Å². The number of ether oxygens (including phenoxy) is 3. The Morgan fingerprint density at radius 1 is 1.31 bits per heavy atom. The highest BCUT2D eigenvalue weighted by Gasteiger charge is 2.28. The average Bonchev–Trinajstić information content (AvgIpc) is 3.03. The number of benzene rings is 1. The van der Waals surface area contributed by atoms with Crippen molar-refractivity contribution in [3.8, 4) is 5.75 Å². The number of para-hydroxylation sites is 1. The smallest absolute Gasteiger partial charge is 0.359 e. The van der Waals surface area contributed by atoms with E-state index in [1.54, 1.807) is 24.7 Å². The Hall–Kier alpha value is -2.42. The van der Waals surface area contributed by atoms with Crippen LogP contribution in [-0.4, -0.2) is 71.8 Å². The van der Waals surface area contributed by atoms with E-state index in [9.17, 15) is 9.90 Å². The molecule has 0 radical (unpaired) electrons. The van der Waals surface area contributed by atoms with Crippen LogP contribution in [0.1, 0.15) is 40.3 Å². The molecular formula is C21H29N3O5. The number of carbonyl (C=O) groups is 1. The fraction of sp³-hybridized carbons (Fsp3) is 0.524. The highest BCUT2D eigenvalue weighted by Crippen LogP contribution is 2.33. The van der Waals surface area contributed by atoms with Crippen LogP contribution in [0, 0.1) is 6.92 Å². The standard InChI is InChI=1S/C21H29N3O5/c1-4-28-21(26)19-18(15(2)23(3)22-19)20(25)16-7-5-6-8-17(16)29-14-11-24-9-12-27-13-10-24/h5-8,20,25H,4,9-14H2,1-3H3. The molecule has 1 aromatic carbocycles. The van der Waals surface area contributed by atoms with Gasteiger partial charge in [-0.15, -0.1) is 0 Å². The molecule has 0 bridgehead atoms. The van der Waals surface area contributed by atoms with E-state index in [0.29, 0.717) is 29.2 Å². The van der Waals surface area contributed by atoms with E-state index in [0.717, 1.165) is 32.8 Å². The molecule has 8 heteroatoms. The lowest BCUT2D eigenvalue weighted by molar-refractivity contribution is 0.0321. The SMILES string of the molecule is CCOC(=O)c1nn(C)c(C)c1C(O)c1ccccc1OCCN1CCOCC1. The maximum Gasteiger partial charge on any atom is 0.359 e. The quantitative estimate of drug-likeness (QED) is 0.672. The van der Waals surface area contributed by atoms with Crippen LogP contribution >= 0.6 is 0 Å². The number of aryl methyl sites for hydroxylation is 1. The molecule has 29 heavy (non-hydrogen) atoms. The molecule has 1 saturated heterocycles. The Kier molecular flexibility index (Phi) is 7.24.